The van der Waals surface area contributed by atoms with Crippen molar-refractivity contribution in [3.05, 3.63) is 78.2 Å². The molecule has 0 aliphatic carbocycles. The molecule has 0 amide bonds. The third-order valence-corrected chi connectivity index (χ3v) is 4.83. The number of aryl methyl sites for hydroxylation is 2. The van der Waals surface area contributed by atoms with E-state index in [1.54, 1.807) is 0 Å². The first-order valence-electron chi connectivity index (χ1n) is 9.93. The number of aromatic amines is 1. The normalized spacial score (nSPS) is 11.0. The summed E-state index contributed by atoms with van der Waals surface area (Å²) in [6, 6.07) is 20.8. The first-order chi connectivity index (χ1) is 13.8. The lowest BCUT2D eigenvalue weighted by atomic mass is 10.1. The highest BCUT2D eigenvalue weighted by atomic mass is 16.5. The molecular weight excluding hydrogens is 346 g/mol. The van der Waals surface area contributed by atoms with E-state index in [2.05, 4.69) is 64.3 Å². The lowest BCUT2D eigenvalue weighted by molar-refractivity contribution is 0.309. The molecule has 0 spiro atoms. The molecule has 0 bridgehead atoms. The van der Waals surface area contributed by atoms with Crippen LogP contribution in [0, 0.1) is 0 Å². The quantitative estimate of drug-likeness (QED) is 0.411. The van der Waals surface area contributed by atoms with E-state index in [-0.39, 0.29) is 0 Å². The van der Waals surface area contributed by atoms with Gasteiger partial charge in [0, 0.05) is 18.2 Å². The van der Waals surface area contributed by atoms with E-state index in [4.69, 9.17) is 4.74 Å². The van der Waals surface area contributed by atoms with E-state index in [1.165, 1.54) is 5.56 Å². The summed E-state index contributed by atoms with van der Waals surface area (Å²) < 4.78 is 5.72. The predicted molar refractivity (Wildman–Crippen MR) is 114 cm³/mol. The molecule has 0 fully saturated rings. The molecule has 2 aromatic carbocycles. The van der Waals surface area contributed by atoms with E-state index in [1.807, 2.05) is 24.4 Å². The number of hydrogen-bond donors (Lipinski definition) is 1. The second kappa shape index (κ2) is 8.70. The highest BCUT2D eigenvalue weighted by Gasteiger charge is 2.07. The van der Waals surface area contributed by atoms with Crippen LogP contribution in [0.5, 0.6) is 5.75 Å². The van der Waals surface area contributed by atoms with Gasteiger partial charge in [0.05, 0.1) is 12.1 Å². The minimum Gasteiger partial charge on any atom is -0.494 e. The third kappa shape index (κ3) is 4.39. The fraction of sp³-hybridized carbons (Fsp3) is 0.250. The molecule has 0 saturated heterocycles. The summed E-state index contributed by atoms with van der Waals surface area (Å²) in [6.07, 6.45) is 5.92. The van der Waals surface area contributed by atoms with Crippen molar-refractivity contribution in [2.75, 3.05) is 6.61 Å². The fourth-order valence-corrected chi connectivity index (χ4v) is 3.21. The highest BCUT2D eigenvalue weighted by Crippen LogP contribution is 2.22. The van der Waals surface area contributed by atoms with Gasteiger partial charge in [-0.1, -0.05) is 55.8 Å². The molecule has 1 N–H and O–H groups in total. The maximum absolute atomic E-state index is 5.72. The summed E-state index contributed by atoms with van der Waals surface area (Å²) in [5.41, 5.74) is 5.29. The Balaban J connectivity index is 1.41. The van der Waals surface area contributed by atoms with Crippen molar-refractivity contribution in [2.45, 2.75) is 32.6 Å². The second-order valence-electron chi connectivity index (χ2n) is 6.99. The van der Waals surface area contributed by atoms with Crippen LogP contribution in [0.2, 0.25) is 0 Å². The summed E-state index contributed by atoms with van der Waals surface area (Å²) >= 11 is 0. The Morgan fingerprint density at radius 2 is 1.75 bits per heavy atom. The Morgan fingerprint density at radius 3 is 2.54 bits per heavy atom. The highest BCUT2D eigenvalue weighted by molar-refractivity contribution is 5.78. The van der Waals surface area contributed by atoms with Crippen molar-refractivity contribution >= 4 is 11.2 Å². The largest absolute Gasteiger partial charge is 0.494 e. The van der Waals surface area contributed by atoms with Gasteiger partial charge in [-0.15, -0.1) is 0 Å². The molecule has 4 nitrogen and oxygen atoms in total. The van der Waals surface area contributed by atoms with E-state index in [9.17, 15) is 0 Å². The van der Waals surface area contributed by atoms with Crippen LogP contribution in [0.15, 0.2) is 66.9 Å². The number of H-pyrrole nitrogens is 1. The van der Waals surface area contributed by atoms with E-state index >= 15 is 0 Å². The van der Waals surface area contributed by atoms with Gasteiger partial charge in [0.15, 0.2) is 5.65 Å². The van der Waals surface area contributed by atoms with Crippen LogP contribution in [-0.4, -0.2) is 21.6 Å². The molecule has 2 heterocycles. The van der Waals surface area contributed by atoms with E-state index in [0.29, 0.717) is 0 Å². The molecule has 4 rings (SSSR count). The Bertz CT molecular complexity index is 1020. The number of pyridine rings is 1. The molecule has 2 aromatic heterocycles. The van der Waals surface area contributed by atoms with Crippen LogP contribution in [0.1, 0.15) is 31.2 Å². The van der Waals surface area contributed by atoms with Crippen LogP contribution >= 0.6 is 0 Å². The molecule has 0 aliphatic heterocycles. The maximum atomic E-state index is 5.72. The number of nitrogens with one attached hydrogen (secondary N) is 1. The lowest BCUT2D eigenvalue weighted by Crippen LogP contribution is -1.97. The summed E-state index contributed by atoms with van der Waals surface area (Å²) in [4.78, 5) is 12.6. The predicted octanol–water partition coefficient (Wildman–Crippen LogP) is 5.59. The van der Waals surface area contributed by atoms with Crippen molar-refractivity contribution < 1.29 is 4.74 Å². The maximum Gasteiger partial charge on any atom is 0.177 e. The summed E-state index contributed by atoms with van der Waals surface area (Å²) in [6.45, 7) is 2.95. The van der Waals surface area contributed by atoms with Gasteiger partial charge in [0.2, 0.25) is 0 Å². The number of imidazole rings is 1. The standard InChI is InChI=1S/C24H25N3O/c1-2-3-15-28-21-12-9-18(10-13-21)11-14-23-26-22-16-20(17-25-24(22)27-23)19-7-5-4-6-8-19/h4-10,12-13,16-17H,2-3,11,14-15H2,1H3,(H,25,26,27). The molecule has 0 unspecified atom stereocenters. The third-order valence-electron chi connectivity index (χ3n) is 4.83. The zero-order valence-electron chi connectivity index (χ0n) is 16.2. The topological polar surface area (TPSA) is 50.8 Å². The van der Waals surface area contributed by atoms with E-state index in [0.717, 1.165) is 66.2 Å². The van der Waals surface area contributed by atoms with Gasteiger partial charge in [-0.05, 0) is 42.2 Å². The van der Waals surface area contributed by atoms with Gasteiger partial charge < -0.3 is 9.72 Å². The van der Waals surface area contributed by atoms with Gasteiger partial charge >= 0.3 is 0 Å². The average Bonchev–Trinajstić information content (AvgIpc) is 3.16. The fourth-order valence-electron chi connectivity index (χ4n) is 3.21. The molecule has 0 aliphatic rings. The van der Waals surface area contributed by atoms with E-state index < -0.39 is 0 Å². The lowest BCUT2D eigenvalue weighted by Gasteiger charge is -2.06. The minimum absolute atomic E-state index is 0.773. The Labute approximate surface area is 165 Å². The zero-order valence-corrected chi connectivity index (χ0v) is 16.2. The molecule has 0 atom stereocenters. The molecular formula is C24H25N3O. The summed E-state index contributed by atoms with van der Waals surface area (Å²) in [7, 11) is 0. The number of unbranched alkanes of at least 4 members (excludes halogenated alkanes) is 1. The summed E-state index contributed by atoms with van der Waals surface area (Å²) in [5, 5.41) is 0. The van der Waals surface area contributed by atoms with Crippen molar-refractivity contribution in [2.24, 2.45) is 0 Å². The van der Waals surface area contributed by atoms with Gasteiger partial charge in [0.1, 0.15) is 11.6 Å². The van der Waals surface area contributed by atoms with Crippen LogP contribution in [0.25, 0.3) is 22.3 Å². The number of ether oxygens (including phenoxy) is 1. The molecule has 0 radical (unpaired) electrons. The van der Waals surface area contributed by atoms with Crippen LogP contribution in [0.4, 0.5) is 0 Å². The molecule has 28 heavy (non-hydrogen) atoms. The van der Waals surface area contributed by atoms with Crippen molar-refractivity contribution in [3.63, 3.8) is 0 Å². The van der Waals surface area contributed by atoms with Crippen molar-refractivity contribution in [1.29, 1.82) is 0 Å². The minimum atomic E-state index is 0.773. The number of aromatic nitrogens is 3. The number of fused-ring (bicyclic) bond motifs is 1. The smallest absolute Gasteiger partial charge is 0.177 e. The Morgan fingerprint density at radius 1 is 0.929 bits per heavy atom. The zero-order chi connectivity index (χ0) is 19.2. The van der Waals surface area contributed by atoms with Crippen LogP contribution < -0.4 is 4.74 Å². The van der Waals surface area contributed by atoms with Gasteiger partial charge in [-0.3, -0.25) is 0 Å². The molecule has 4 aromatic rings. The van der Waals surface area contributed by atoms with Gasteiger partial charge in [-0.2, -0.15) is 0 Å². The molecule has 4 heteroatoms. The van der Waals surface area contributed by atoms with Crippen LogP contribution in [0.3, 0.4) is 0 Å². The summed E-state index contributed by atoms with van der Waals surface area (Å²) in [5.74, 6) is 1.91. The van der Waals surface area contributed by atoms with Gasteiger partial charge in [-0.25, -0.2) is 9.97 Å². The Hall–Kier alpha value is -3.14. The SMILES string of the molecule is CCCCOc1ccc(CCc2nc3ncc(-c4ccccc4)cc3[nH]2)cc1. The van der Waals surface area contributed by atoms with Gasteiger partial charge in [0.25, 0.3) is 0 Å². The van der Waals surface area contributed by atoms with Crippen molar-refractivity contribution in [1.82, 2.24) is 15.0 Å². The van der Waals surface area contributed by atoms with Crippen molar-refractivity contribution in [3.8, 4) is 16.9 Å². The average molecular weight is 371 g/mol. The molecule has 142 valence electrons. The Kier molecular flexibility index (Phi) is 5.66. The first kappa shape index (κ1) is 18.2. The van der Waals surface area contributed by atoms with Crippen LogP contribution in [-0.2, 0) is 12.8 Å². The first-order valence-corrected chi connectivity index (χ1v) is 9.93. The number of nitrogens with zero attached hydrogens (tertiary/aromatic N) is 2. The number of hydrogen-bond acceptors (Lipinski definition) is 3. The number of benzene rings is 2. The second-order valence-corrected chi connectivity index (χ2v) is 6.99. The number of rotatable bonds is 8. The molecule has 0 saturated carbocycles. The monoisotopic (exact) mass is 371 g/mol.